The zero-order chi connectivity index (χ0) is 15.3. The van der Waals surface area contributed by atoms with Gasteiger partial charge in [-0.15, -0.1) is 0 Å². The molecule has 4 heteroatoms. The molecule has 3 aromatic rings. The van der Waals surface area contributed by atoms with Crippen LogP contribution in [0, 0.1) is 12.8 Å². The number of aromatic nitrogens is 3. The van der Waals surface area contributed by atoms with Crippen molar-refractivity contribution in [2.45, 2.75) is 26.2 Å². The second kappa shape index (κ2) is 4.83. The third kappa shape index (κ3) is 1.83. The molecule has 0 saturated heterocycles. The van der Waals surface area contributed by atoms with Gasteiger partial charge >= 0.3 is 0 Å². The molecule has 1 atom stereocenters. The molecule has 0 bridgehead atoms. The third-order valence-electron chi connectivity index (χ3n) is 4.95. The number of carbonyl (C=O) groups is 1. The van der Waals surface area contributed by atoms with Crippen molar-refractivity contribution >= 4 is 16.7 Å². The van der Waals surface area contributed by atoms with Gasteiger partial charge in [0.2, 0.25) is 0 Å². The molecule has 0 radical (unpaired) electrons. The minimum Gasteiger partial charge on any atom is -0.348 e. The number of H-pyrrole nitrogens is 1. The van der Waals surface area contributed by atoms with Crippen LogP contribution in [0.1, 0.15) is 33.9 Å². The van der Waals surface area contributed by atoms with Gasteiger partial charge in [0.1, 0.15) is 0 Å². The number of benzene rings is 1. The fraction of sp³-hybridized carbons (Fsp3) is 0.333. The first-order valence-electron chi connectivity index (χ1n) is 7.76. The molecule has 0 aliphatic heterocycles. The van der Waals surface area contributed by atoms with Crippen LogP contribution in [-0.4, -0.2) is 20.3 Å². The molecule has 1 aliphatic carbocycles. The predicted octanol–water partition coefficient (Wildman–Crippen LogP) is 3.20. The number of para-hydroxylation sites is 1. The highest BCUT2D eigenvalue weighted by atomic mass is 16.1. The van der Waals surface area contributed by atoms with E-state index in [1.165, 1.54) is 5.69 Å². The third-order valence-corrected chi connectivity index (χ3v) is 4.95. The summed E-state index contributed by atoms with van der Waals surface area (Å²) in [4.78, 5) is 20.5. The Labute approximate surface area is 129 Å². The van der Waals surface area contributed by atoms with Crippen molar-refractivity contribution in [3.8, 4) is 0 Å². The number of aryl methyl sites for hydroxylation is 2. The number of fused-ring (bicyclic) bond motifs is 3. The molecule has 4 nitrogen and oxygen atoms in total. The maximum absolute atomic E-state index is 13.0. The smallest absolute Gasteiger partial charge is 0.168 e. The Kier molecular flexibility index (Phi) is 2.93. The average Bonchev–Trinajstić information content (AvgIpc) is 3.05. The van der Waals surface area contributed by atoms with Crippen LogP contribution >= 0.6 is 0 Å². The zero-order valence-corrected chi connectivity index (χ0v) is 12.9. The molecule has 0 amide bonds. The van der Waals surface area contributed by atoms with Crippen molar-refractivity contribution < 1.29 is 4.79 Å². The summed E-state index contributed by atoms with van der Waals surface area (Å²) in [6, 6.07) is 8.20. The van der Waals surface area contributed by atoms with Crippen molar-refractivity contribution in [2.24, 2.45) is 13.0 Å². The van der Waals surface area contributed by atoms with Crippen molar-refractivity contribution in [1.29, 1.82) is 0 Å². The van der Waals surface area contributed by atoms with Crippen molar-refractivity contribution in [2.75, 3.05) is 0 Å². The van der Waals surface area contributed by atoms with Gasteiger partial charge in [0.15, 0.2) is 5.78 Å². The highest BCUT2D eigenvalue weighted by Crippen LogP contribution is 2.34. The van der Waals surface area contributed by atoms with Crippen LogP contribution in [0.2, 0.25) is 0 Å². The SMILES string of the molecule is Cc1[nH]cnc1CC1CCc2c(c3ccccc3n2C)C1=O. The molecule has 0 fully saturated rings. The molecule has 1 N–H and O–H groups in total. The number of carbonyl (C=O) groups excluding carboxylic acids is 1. The molecule has 112 valence electrons. The molecule has 22 heavy (non-hydrogen) atoms. The lowest BCUT2D eigenvalue weighted by Gasteiger charge is -2.21. The normalized spacial score (nSPS) is 17.9. The van der Waals surface area contributed by atoms with Gasteiger partial charge in [-0.3, -0.25) is 4.79 Å². The number of aromatic amines is 1. The summed E-state index contributed by atoms with van der Waals surface area (Å²) in [7, 11) is 2.06. The monoisotopic (exact) mass is 293 g/mol. The fourth-order valence-electron chi connectivity index (χ4n) is 3.68. The van der Waals surface area contributed by atoms with Crippen LogP contribution in [0.15, 0.2) is 30.6 Å². The number of Topliss-reactive ketones (excluding diaryl/α,β-unsaturated/α-hetero) is 1. The van der Waals surface area contributed by atoms with E-state index in [1.807, 2.05) is 19.1 Å². The Morgan fingerprint density at radius 2 is 2.18 bits per heavy atom. The molecular formula is C18H19N3O. The van der Waals surface area contributed by atoms with E-state index in [0.29, 0.717) is 0 Å². The van der Waals surface area contributed by atoms with Crippen molar-refractivity contribution in [3.05, 3.63) is 53.2 Å². The summed E-state index contributed by atoms with van der Waals surface area (Å²) in [6.45, 7) is 2.01. The Balaban J connectivity index is 1.77. The molecule has 1 aromatic carbocycles. The summed E-state index contributed by atoms with van der Waals surface area (Å²) in [5.74, 6) is 0.320. The number of nitrogens with zero attached hydrogens (tertiary/aromatic N) is 2. The highest BCUT2D eigenvalue weighted by Gasteiger charge is 2.32. The van der Waals surface area contributed by atoms with E-state index in [0.717, 1.165) is 47.1 Å². The van der Waals surface area contributed by atoms with Crippen LogP contribution in [-0.2, 0) is 19.9 Å². The molecule has 1 aliphatic rings. The number of nitrogens with one attached hydrogen (secondary N) is 1. The molecule has 2 heterocycles. The van der Waals surface area contributed by atoms with Gasteiger partial charge in [0.25, 0.3) is 0 Å². The van der Waals surface area contributed by atoms with E-state index in [1.54, 1.807) is 6.33 Å². The fourth-order valence-corrected chi connectivity index (χ4v) is 3.68. The van der Waals surface area contributed by atoms with E-state index in [4.69, 9.17) is 0 Å². The molecular weight excluding hydrogens is 274 g/mol. The van der Waals surface area contributed by atoms with Gasteiger partial charge in [-0.25, -0.2) is 4.98 Å². The average molecular weight is 293 g/mol. The van der Waals surface area contributed by atoms with Crippen LogP contribution in [0.25, 0.3) is 10.9 Å². The Bertz CT molecular complexity index is 872. The summed E-state index contributed by atoms with van der Waals surface area (Å²) in [6.07, 6.45) is 4.31. The first-order chi connectivity index (χ1) is 10.7. The first kappa shape index (κ1) is 13.3. The van der Waals surface area contributed by atoms with E-state index in [9.17, 15) is 4.79 Å². The lowest BCUT2D eigenvalue weighted by molar-refractivity contribution is 0.0901. The van der Waals surface area contributed by atoms with E-state index in [-0.39, 0.29) is 11.7 Å². The highest BCUT2D eigenvalue weighted by molar-refractivity contribution is 6.11. The summed E-state index contributed by atoms with van der Waals surface area (Å²) in [5.41, 5.74) is 5.35. The Morgan fingerprint density at radius 3 is 2.95 bits per heavy atom. The lowest BCUT2D eigenvalue weighted by atomic mass is 9.82. The number of rotatable bonds is 2. The molecule has 0 spiro atoms. The van der Waals surface area contributed by atoms with Gasteiger partial charge < -0.3 is 9.55 Å². The van der Waals surface area contributed by atoms with Crippen LogP contribution in [0.4, 0.5) is 0 Å². The maximum Gasteiger partial charge on any atom is 0.168 e. The van der Waals surface area contributed by atoms with Gasteiger partial charge in [0.05, 0.1) is 12.0 Å². The lowest BCUT2D eigenvalue weighted by Crippen LogP contribution is -2.25. The minimum absolute atomic E-state index is 0.0420. The van der Waals surface area contributed by atoms with E-state index in [2.05, 4.69) is 33.7 Å². The zero-order valence-electron chi connectivity index (χ0n) is 12.9. The van der Waals surface area contributed by atoms with Crippen LogP contribution in [0.3, 0.4) is 0 Å². The minimum atomic E-state index is 0.0420. The number of imidazole rings is 1. The quantitative estimate of drug-likeness (QED) is 0.789. The van der Waals surface area contributed by atoms with E-state index >= 15 is 0 Å². The summed E-state index contributed by atoms with van der Waals surface area (Å²) >= 11 is 0. The molecule has 1 unspecified atom stereocenters. The summed E-state index contributed by atoms with van der Waals surface area (Å²) in [5, 5.41) is 1.09. The molecule has 2 aromatic heterocycles. The molecule has 4 rings (SSSR count). The second-order valence-corrected chi connectivity index (χ2v) is 6.18. The van der Waals surface area contributed by atoms with Gasteiger partial charge in [-0.2, -0.15) is 0 Å². The second-order valence-electron chi connectivity index (χ2n) is 6.18. The number of hydrogen-bond acceptors (Lipinski definition) is 2. The number of hydrogen-bond donors (Lipinski definition) is 1. The van der Waals surface area contributed by atoms with Crippen molar-refractivity contribution in [3.63, 3.8) is 0 Å². The Morgan fingerprint density at radius 1 is 1.36 bits per heavy atom. The number of ketones is 1. The maximum atomic E-state index is 13.0. The standard InChI is InChI=1S/C18H19N3O/c1-11-14(20-10-19-11)9-12-7-8-16-17(18(12)22)13-5-3-4-6-15(13)21(16)2/h3-6,10,12H,7-9H2,1-2H3,(H,19,20). The van der Waals surface area contributed by atoms with Gasteiger partial charge in [-0.1, -0.05) is 18.2 Å². The van der Waals surface area contributed by atoms with Crippen LogP contribution < -0.4 is 0 Å². The van der Waals surface area contributed by atoms with Crippen LogP contribution in [0.5, 0.6) is 0 Å². The van der Waals surface area contributed by atoms with Gasteiger partial charge in [0, 0.05) is 47.2 Å². The first-order valence-corrected chi connectivity index (χ1v) is 7.76. The Hall–Kier alpha value is -2.36. The van der Waals surface area contributed by atoms with E-state index < -0.39 is 0 Å². The van der Waals surface area contributed by atoms with Crippen molar-refractivity contribution in [1.82, 2.24) is 14.5 Å². The topological polar surface area (TPSA) is 50.7 Å². The molecule has 0 saturated carbocycles. The summed E-state index contributed by atoms with van der Waals surface area (Å²) < 4.78 is 2.18. The van der Waals surface area contributed by atoms with Gasteiger partial charge in [-0.05, 0) is 25.8 Å². The predicted molar refractivity (Wildman–Crippen MR) is 86.1 cm³/mol. The largest absolute Gasteiger partial charge is 0.348 e.